The molecular weight excluding hydrogens is 166 g/mol. The molecule has 13 heavy (non-hydrogen) atoms. The number of allylic oxidation sites excluding steroid dienone is 2. The number of nitrogens with two attached hydrogens (primary N) is 1. The third-order valence-electron chi connectivity index (χ3n) is 3.01. The van der Waals surface area contributed by atoms with Crippen molar-refractivity contribution < 1.29 is 9.53 Å². The average Bonchev–Trinajstić information content (AvgIpc) is 2.58. The molecule has 2 atom stereocenters. The molecule has 2 N–H and O–H groups in total. The van der Waals surface area contributed by atoms with Crippen LogP contribution in [0.4, 0.5) is 4.79 Å². The van der Waals surface area contributed by atoms with Gasteiger partial charge in [-0.05, 0) is 25.7 Å². The average molecular weight is 181 g/mol. The van der Waals surface area contributed by atoms with Gasteiger partial charge in [0.2, 0.25) is 0 Å². The summed E-state index contributed by atoms with van der Waals surface area (Å²) in [7, 11) is 0. The van der Waals surface area contributed by atoms with Crippen LogP contribution in [0.15, 0.2) is 12.2 Å². The number of primary amides is 1. The van der Waals surface area contributed by atoms with Gasteiger partial charge in [-0.15, -0.1) is 0 Å². The molecule has 0 aromatic carbocycles. The second kappa shape index (κ2) is 3.40. The molecule has 0 saturated heterocycles. The zero-order valence-electron chi connectivity index (χ0n) is 7.61. The SMILES string of the molecule is NC(=O)OC1C2CC/C=C/CCC21. The van der Waals surface area contributed by atoms with Crippen molar-refractivity contribution in [2.75, 3.05) is 0 Å². The lowest BCUT2D eigenvalue weighted by atomic mass is 10.1. The molecule has 72 valence electrons. The van der Waals surface area contributed by atoms with Crippen LogP contribution in [0.3, 0.4) is 0 Å². The Hall–Kier alpha value is -0.990. The van der Waals surface area contributed by atoms with Crippen LogP contribution in [0.25, 0.3) is 0 Å². The van der Waals surface area contributed by atoms with Gasteiger partial charge in [0.15, 0.2) is 0 Å². The lowest BCUT2D eigenvalue weighted by Crippen LogP contribution is -2.15. The molecule has 2 aliphatic carbocycles. The Bertz CT molecular complexity index is 221. The molecular formula is C10H15NO2. The largest absolute Gasteiger partial charge is 0.446 e. The van der Waals surface area contributed by atoms with Crippen LogP contribution in [0.1, 0.15) is 25.7 Å². The number of amides is 1. The fourth-order valence-corrected chi connectivity index (χ4v) is 2.29. The number of hydrogen-bond acceptors (Lipinski definition) is 2. The lowest BCUT2D eigenvalue weighted by molar-refractivity contribution is 0.138. The Morgan fingerprint density at radius 2 is 1.77 bits per heavy atom. The number of carbonyl (C=O) groups excluding carboxylic acids is 1. The monoisotopic (exact) mass is 181 g/mol. The molecule has 3 nitrogen and oxygen atoms in total. The maximum Gasteiger partial charge on any atom is 0.404 e. The predicted octanol–water partition coefficient (Wildman–Crippen LogP) is 1.83. The smallest absolute Gasteiger partial charge is 0.404 e. The highest BCUT2D eigenvalue weighted by Crippen LogP contribution is 2.48. The number of ether oxygens (including phenoxy) is 1. The molecule has 0 aromatic heterocycles. The zero-order valence-corrected chi connectivity index (χ0v) is 7.61. The number of fused-ring (bicyclic) bond motifs is 1. The summed E-state index contributed by atoms with van der Waals surface area (Å²) in [6.07, 6.45) is 8.44. The molecule has 0 aliphatic heterocycles. The van der Waals surface area contributed by atoms with Crippen LogP contribution in [0.5, 0.6) is 0 Å². The van der Waals surface area contributed by atoms with Crippen molar-refractivity contribution in [3.05, 3.63) is 12.2 Å². The third-order valence-corrected chi connectivity index (χ3v) is 3.01. The summed E-state index contributed by atoms with van der Waals surface area (Å²) in [5, 5.41) is 0. The van der Waals surface area contributed by atoms with Crippen molar-refractivity contribution in [1.29, 1.82) is 0 Å². The first-order chi connectivity index (χ1) is 6.29. The Kier molecular flexibility index (Phi) is 2.25. The third kappa shape index (κ3) is 1.85. The van der Waals surface area contributed by atoms with Crippen molar-refractivity contribution in [2.24, 2.45) is 17.6 Å². The molecule has 0 radical (unpaired) electrons. The summed E-state index contributed by atoms with van der Waals surface area (Å²) in [6.45, 7) is 0. The van der Waals surface area contributed by atoms with E-state index in [0.717, 1.165) is 25.7 Å². The molecule has 0 spiro atoms. The van der Waals surface area contributed by atoms with Crippen LogP contribution in [-0.2, 0) is 4.74 Å². The normalized spacial score (nSPS) is 39.5. The van der Waals surface area contributed by atoms with E-state index in [1.807, 2.05) is 0 Å². The fourth-order valence-electron chi connectivity index (χ4n) is 2.29. The van der Waals surface area contributed by atoms with Crippen LogP contribution in [0.2, 0.25) is 0 Å². The topological polar surface area (TPSA) is 52.3 Å². The molecule has 1 saturated carbocycles. The number of carbonyl (C=O) groups is 1. The minimum absolute atomic E-state index is 0.123. The highest BCUT2D eigenvalue weighted by atomic mass is 16.6. The maximum atomic E-state index is 10.5. The van der Waals surface area contributed by atoms with Crippen molar-refractivity contribution in [3.63, 3.8) is 0 Å². The van der Waals surface area contributed by atoms with Crippen LogP contribution in [0, 0.1) is 11.8 Å². The highest BCUT2D eigenvalue weighted by molar-refractivity contribution is 5.65. The van der Waals surface area contributed by atoms with Gasteiger partial charge >= 0.3 is 6.09 Å². The summed E-state index contributed by atoms with van der Waals surface area (Å²) in [4.78, 5) is 10.5. The Balaban J connectivity index is 1.88. The van der Waals surface area contributed by atoms with E-state index in [0.29, 0.717) is 11.8 Å². The van der Waals surface area contributed by atoms with Crippen LogP contribution < -0.4 is 5.73 Å². The summed E-state index contributed by atoms with van der Waals surface area (Å²) < 4.78 is 5.03. The van der Waals surface area contributed by atoms with E-state index >= 15 is 0 Å². The van der Waals surface area contributed by atoms with E-state index in [9.17, 15) is 4.79 Å². The van der Waals surface area contributed by atoms with E-state index in [1.165, 1.54) is 0 Å². The van der Waals surface area contributed by atoms with Gasteiger partial charge in [0.1, 0.15) is 6.10 Å². The fraction of sp³-hybridized carbons (Fsp3) is 0.700. The number of hydrogen-bond donors (Lipinski definition) is 1. The van der Waals surface area contributed by atoms with E-state index in [1.54, 1.807) is 0 Å². The van der Waals surface area contributed by atoms with Crippen LogP contribution >= 0.6 is 0 Å². The first-order valence-corrected chi connectivity index (χ1v) is 4.90. The second-order valence-corrected chi connectivity index (χ2v) is 3.86. The zero-order chi connectivity index (χ0) is 9.26. The van der Waals surface area contributed by atoms with Gasteiger partial charge in [0.25, 0.3) is 0 Å². The van der Waals surface area contributed by atoms with E-state index in [4.69, 9.17) is 10.5 Å². The van der Waals surface area contributed by atoms with Gasteiger partial charge in [-0.2, -0.15) is 0 Å². The second-order valence-electron chi connectivity index (χ2n) is 3.86. The molecule has 2 rings (SSSR count). The molecule has 0 heterocycles. The molecule has 2 aliphatic rings. The molecule has 0 bridgehead atoms. The summed E-state index contributed by atoms with van der Waals surface area (Å²) in [5.74, 6) is 1.16. The predicted molar refractivity (Wildman–Crippen MR) is 49.0 cm³/mol. The maximum absolute atomic E-state index is 10.5. The van der Waals surface area contributed by atoms with Gasteiger partial charge in [-0.1, -0.05) is 12.2 Å². The summed E-state index contributed by atoms with van der Waals surface area (Å²) in [6, 6.07) is 0. The first-order valence-electron chi connectivity index (χ1n) is 4.90. The lowest BCUT2D eigenvalue weighted by Gasteiger charge is -1.98. The van der Waals surface area contributed by atoms with Crippen molar-refractivity contribution in [2.45, 2.75) is 31.8 Å². The van der Waals surface area contributed by atoms with E-state index in [2.05, 4.69) is 12.2 Å². The van der Waals surface area contributed by atoms with Gasteiger partial charge in [-0.3, -0.25) is 0 Å². The van der Waals surface area contributed by atoms with Gasteiger partial charge in [0.05, 0.1) is 0 Å². The van der Waals surface area contributed by atoms with Gasteiger partial charge in [-0.25, -0.2) is 4.79 Å². The van der Waals surface area contributed by atoms with Crippen molar-refractivity contribution in [1.82, 2.24) is 0 Å². The van der Waals surface area contributed by atoms with Gasteiger partial charge in [0, 0.05) is 11.8 Å². The molecule has 1 fully saturated rings. The highest BCUT2D eigenvalue weighted by Gasteiger charge is 2.51. The molecule has 1 amide bonds. The minimum atomic E-state index is -0.621. The summed E-state index contributed by atoms with van der Waals surface area (Å²) in [5.41, 5.74) is 4.99. The van der Waals surface area contributed by atoms with Crippen molar-refractivity contribution >= 4 is 6.09 Å². The first kappa shape index (κ1) is 8.60. The van der Waals surface area contributed by atoms with Crippen molar-refractivity contribution in [3.8, 4) is 0 Å². The molecule has 3 heteroatoms. The quantitative estimate of drug-likeness (QED) is 0.627. The standard InChI is InChI=1S/C10H15NO2/c11-10(12)13-9-7-5-3-1-2-4-6-8(7)9/h1-2,7-9H,3-6H2,(H2,11,12)/b2-1+. The summed E-state index contributed by atoms with van der Waals surface area (Å²) >= 11 is 0. The number of rotatable bonds is 1. The van der Waals surface area contributed by atoms with E-state index < -0.39 is 6.09 Å². The Morgan fingerprint density at radius 3 is 2.23 bits per heavy atom. The van der Waals surface area contributed by atoms with E-state index in [-0.39, 0.29) is 6.10 Å². The minimum Gasteiger partial charge on any atom is -0.446 e. The molecule has 2 unspecified atom stereocenters. The Morgan fingerprint density at radius 1 is 1.23 bits per heavy atom. The van der Waals surface area contributed by atoms with Gasteiger partial charge < -0.3 is 10.5 Å². The molecule has 0 aromatic rings. The Labute approximate surface area is 77.9 Å². The van der Waals surface area contributed by atoms with Crippen LogP contribution in [-0.4, -0.2) is 12.2 Å².